The van der Waals surface area contributed by atoms with Gasteiger partial charge < -0.3 is 5.73 Å². The van der Waals surface area contributed by atoms with Gasteiger partial charge in [0.1, 0.15) is 11.5 Å². The van der Waals surface area contributed by atoms with E-state index in [0.717, 1.165) is 0 Å². The standard InChI is InChI=1S/C9H11F2N/c1-9(11,6-12)7-4-2-3-5-8(7)10/h2-5H,6,12H2,1H3. The van der Waals surface area contributed by atoms with Crippen molar-refractivity contribution in [1.82, 2.24) is 0 Å². The monoisotopic (exact) mass is 171 g/mol. The van der Waals surface area contributed by atoms with Gasteiger partial charge in [0.25, 0.3) is 0 Å². The Morgan fingerprint density at radius 2 is 2.00 bits per heavy atom. The van der Waals surface area contributed by atoms with Crippen LogP contribution < -0.4 is 5.73 Å². The van der Waals surface area contributed by atoms with Crippen molar-refractivity contribution in [2.24, 2.45) is 5.73 Å². The van der Waals surface area contributed by atoms with E-state index in [9.17, 15) is 8.78 Å². The van der Waals surface area contributed by atoms with Crippen molar-refractivity contribution in [3.8, 4) is 0 Å². The molecule has 0 aliphatic carbocycles. The second-order valence-electron chi connectivity index (χ2n) is 2.88. The zero-order valence-electron chi connectivity index (χ0n) is 6.85. The molecule has 0 radical (unpaired) electrons. The van der Waals surface area contributed by atoms with Crippen molar-refractivity contribution in [3.63, 3.8) is 0 Å². The summed E-state index contributed by atoms with van der Waals surface area (Å²) >= 11 is 0. The van der Waals surface area contributed by atoms with E-state index < -0.39 is 11.5 Å². The lowest BCUT2D eigenvalue weighted by Gasteiger charge is -2.18. The van der Waals surface area contributed by atoms with Crippen molar-refractivity contribution < 1.29 is 8.78 Å². The summed E-state index contributed by atoms with van der Waals surface area (Å²) < 4.78 is 26.4. The Balaban J connectivity index is 3.10. The van der Waals surface area contributed by atoms with Crippen LogP contribution in [-0.4, -0.2) is 6.54 Å². The van der Waals surface area contributed by atoms with E-state index >= 15 is 0 Å². The summed E-state index contributed by atoms with van der Waals surface area (Å²) in [7, 11) is 0. The lowest BCUT2D eigenvalue weighted by molar-refractivity contribution is 0.196. The molecule has 3 heteroatoms. The van der Waals surface area contributed by atoms with Crippen molar-refractivity contribution in [2.45, 2.75) is 12.6 Å². The summed E-state index contributed by atoms with van der Waals surface area (Å²) in [5.74, 6) is -0.548. The highest BCUT2D eigenvalue weighted by Crippen LogP contribution is 2.25. The Kier molecular flexibility index (Phi) is 2.43. The van der Waals surface area contributed by atoms with E-state index in [-0.39, 0.29) is 12.1 Å². The first kappa shape index (κ1) is 9.13. The molecular weight excluding hydrogens is 160 g/mol. The van der Waals surface area contributed by atoms with Gasteiger partial charge in [-0.05, 0) is 13.0 Å². The third-order valence-electron chi connectivity index (χ3n) is 1.82. The molecule has 2 N–H and O–H groups in total. The molecule has 0 spiro atoms. The number of benzene rings is 1. The fourth-order valence-corrected chi connectivity index (χ4v) is 0.994. The predicted octanol–water partition coefficient (Wildman–Crippen LogP) is 1.97. The maximum absolute atomic E-state index is 13.4. The predicted molar refractivity (Wildman–Crippen MR) is 43.9 cm³/mol. The summed E-state index contributed by atoms with van der Waals surface area (Å²) in [4.78, 5) is 0. The van der Waals surface area contributed by atoms with Crippen LogP contribution in [0.1, 0.15) is 12.5 Å². The lowest BCUT2D eigenvalue weighted by Crippen LogP contribution is -2.27. The minimum Gasteiger partial charge on any atom is -0.327 e. The number of rotatable bonds is 2. The third-order valence-corrected chi connectivity index (χ3v) is 1.82. The Hall–Kier alpha value is -0.960. The van der Waals surface area contributed by atoms with Crippen LogP contribution in [0.3, 0.4) is 0 Å². The number of hydrogen-bond donors (Lipinski definition) is 1. The van der Waals surface area contributed by atoms with Gasteiger partial charge in [0, 0.05) is 12.1 Å². The zero-order valence-corrected chi connectivity index (χ0v) is 6.85. The van der Waals surface area contributed by atoms with Gasteiger partial charge in [0.05, 0.1) is 0 Å². The van der Waals surface area contributed by atoms with Crippen LogP contribution in [-0.2, 0) is 5.67 Å². The van der Waals surface area contributed by atoms with Gasteiger partial charge in [0.2, 0.25) is 0 Å². The SMILES string of the molecule is CC(F)(CN)c1ccccc1F. The van der Waals surface area contributed by atoms with Crippen molar-refractivity contribution in [2.75, 3.05) is 6.54 Å². The first-order valence-corrected chi connectivity index (χ1v) is 3.72. The first-order chi connectivity index (χ1) is 5.58. The molecule has 1 aromatic carbocycles. The summed E-state index contributed by atoms with van der Waals surface area (Å²) in [5, 5.41) is 0. The fourth-order valence-electron chi connectivity index (χ4n) is 0.994. The van der Waals surface area contributed by atoms with E-state index in [2.05, 4.69) is 0 Å². The van der Waals surface area contributed by atoms with Gasteiger partial charge in [-0.15, -0.1) is 0 Å². The van der Waals surface area contributed by atoms with Crippen LogP contribution in [0.2, 0.25) is 0 Å². The van der Waals surface area contributed by atoms with Crippen molar-refractivity contribution in [3.05, 3.63) is 35.6 Å². The van der Waals surface area contributed by atoms with Gasteiger partial charge >= 0.3 is 0 Å². The molecule has 0 aliphatic rings. The number of nitrogens with two attached hydrogens (primary N) is 1. The molecule has 0 bridgehead atoms. The maximum atomic E-state index is 13.4. The van der Waals surface area contributed by atoms with Crippen molar-refractivity contribution in [1.29, 1.82) is 0 Å². The minimum absolute atomic E-state index is 0.0208. The van der Waals surface area contributed by atoms with E-state index in [1.54, 1.807) is 6.07 Å². The number of hydrogen-bond acceptors (Lipinski definition) is 1. The Morgan fingerprint density at radius 1 is 1.42 bits per heavy atom. The average Bonchev–Trinajstić information content (AvgIpc) is 2.05. The maximum Gasteiger partial charge on any atom is 0.148 e. The second-order valence-corrected chi connectivity index (χ2v) is 2.88. The molecule has 0 fully saturated rings. The van der Waals surface area contributed by atoms with Crippen LogP contribution in [0.4, 0.5) is 8.78 Å². The van der Waals surface area contributed by atoms with E-state index in [1.165, 1.54) is 25.1 Å². The van der Waals surface area contributed by atoms with E-state index in [0.29, 0.717) is 0 Å². The Morgan fingerprint density at radius 3 is 2.50 bits per heavy atom. The molecule has 0 aromatic heterocycles. The molecule has 0 heterocycles. The van der Waals surface area contributed by atoms with Gasteiger partial charge in [-0.3, -0.25) is 0 Å². The molecule has 66 valence electrons. The molecule has 1 rings (SSSR count). The van der Waals surface area contributed by atoms with Crippen LogP contribution in [0.5, 0.6) is 0 Å². The smallest absolute Gasteiger partial charge is 0.148 e. The highest BCUT2D eigenvalue weighted by atomic mass is 19.1. The molecule has 1 aromatic rings. The average molecular weight is 171 g/mol. The summed E-state index contributed by atoms with van der Waals surface area (Å²) in [6, 6.07) is 5.74. The summed E-state index contributed by atoms with van der Waals surface area (Å²) in [5.41, 5.74) is 3.41. The topological polar surface area (TPSA) is 26.0 Å². The first-order valence-electron chi connectivity index (χ1n) is 3.72. The van der Waals surface area contributed by atoms with Gasteiger partial charge in [-0.1, -0.05) is 18.2 Å². The lowest BCUT2D eigenvalue weighted by atomic mass is 9.98. The molecule has 1 nitrogen and oxygen atoms in total. The molecule has 0 saturated heterocycles. The van der Waals surface area contributed by atoms with Crippen LogP contribution in [0.15, 0.2) is 24.3 Å². The highest BCUT2D eigenvalue weighted by Gasteiger charge is 2.26. The molecule has 0 saturated carbocycles. The molecule has 1 atom stereocenters. The van der Waals surface area contributed by atoms with Gasteiger partial charge in [-0.25, -0.2) is 8.78 Å². The fraction of sp³-hybridized carbons (Fsp3) is 0.333. The number of alkyl halides is 1. The molecule has 12 heavy (non-hydrogen) atoms. The van der Waals surface area contributed by atoms with Crippen LogP contribution in [0.25, 0.3) is 0 Å². The molecule has 0 aliphatic heterocycles. The van der Waals surface area contributed by atoms with Gasteiger partial charge in [-0.2, -0.15) is 0 Å². The van der Waals surface area contributed by atoms with E-state index in [1.807, 2.05) is 0 Å². The van der Waals surface area contributed by atoms with Crippen LogP contribution >= 0.6 is 0 Å². The quantitative estimate of drug-likeness (QED) is 0.723. The Labute approximate surface area is 70.2 Å². The summed E-state index contributed by atoms with van der Waals surface area (Å²) in [6.07, 6.45) is 0. The minimum atomic E-state index is -1.77. The summed E-state index contributed by atoms with van der Waals surface area (Å²) in [6.45, 7) is 1.05. The zero-order chi connectivity index (χ0) is 9.19. The molecule has 1 unspecified atom stereocenters. The van der Waals surface area contributed by atoms with E-state index in [4.69, 9.17) is 5.73 Å². The van der Waals surface area contributed by atoms with Crippen LogP contribution in [0, 0.1) is 5.82 Å². The number of halogens is 2. The third kappa shape index (κ3) is 1.61. The Bertz CT molecular complexity index is 271. The highest BCUT2D eigenvalue weighted by molar-refractivity contribution is 5.23. The molecular formula is C9H11F2N. The normalized spacial score (nSPS) is 15.7. The molecule has 0 amide bonds. The largest absolute Gasteiger partial charge is 0.327 e. The second kappa shape index (κ2) is 3.19. The van der Waals surface area contributed by atoms with Gasteiger partial charge in [0.15, 0.2) is 0 Å². The van der Waals surface area contributed by atoms with Crippen molar-refractivity contribution >= 4 is 0 Å².